The number of aromatic nitrogens is 1. The third kappa shape index (κ3) is 4.79. The summed E-state index contributed by atoms with van der Waals surface area (Å²) in [6, 6.07) is 12.9. The highest BCUT2D eigenvalue weighted by molar-refractivity contribution is 7.89. The number of thiazole rings is 1. The Kier molecular flexibility index (Phi) is 6.07. The molecule has 2 aromatic carbocycles. The molecule has 1 fully saturated rings. The van der Waals surface area contributed by atoms with Crippen LogP contribution in [-0.4, -0.2) is 41.9 Å². The highest BCUT2D eigenvalue weighted by Gasteiger charge is 2.27. The predicted molar refractivity (Wildman–Crippen MR) is 120 cm³/mol. The summed E-state index contributed by atoms with van der Waals surface area (Å²) in [5, 5.41) is 17.2. The van der Waals surface area contributed by atoms with Gasteiger partial charge in [0, 0.05) is 41.7 Å². The predicted octanol–water partition coefficient (Wildman–Crippen LogP) is 3.95. The van der Waals surface area contributed by atoms with Gasteiger partial charge in [-0.05, 0) is 25.0 Å². The molecule has 0 amide bonds. The van der Waals surface area contributed by atoms with E-state index in [1.807, 2.05) is 11.4 Å². The Labute approximate surface area is 183 Å². The SMILES string of the molecule is O=[N+]([O-])c1cccc(C=NNc2nc(-c3cccc(S(=O)(=O)N4CCCC4)c3)cs2)c1. The molecule has 1 aromatic heterocycles. The third-order valence-corrected chi connectivity index (χ3v) is 7.43. The van der Waals surface area contributed by atoms with Crippen LogP contribution in [0, 0.1) is 10.1 Å². The molecule has 1 aliphatic heterocycles. The van der Waals surface area contributed by atoms with Gasteiger partial charge in [-0.2, -0.15) is 9.41 Å². The first-order chi connectivity index (χ1) is 14.9. The number of non-ortho nitro benzene ring substituents is 1. The smallest absolute Gasteiger partial charge is 0.258 e. The maximum Gasteiger partial charge on any atom is 0.270 e. The van der Waals surface area contributed by atoms with Gasteiger partial charge in [-0.25, -0.2) is 13.4 Å². The lowest BCUT2D eigenvalue weighted by molar-refractivity contribution is -0.384. The summed E-state index contributed by atoms with van der Waals surface area (Å²) in [6.07, 6.45) is 3.24. The van der Waals surface area contributed by atoms with Crippen LogP contribution >= 0.6 is 11.3 Å². The Bertz CT molecular complexity index is 1230. The quantitative estimate of drug-likeness (QED) is 0.326. The summed E-state index contributed by atoms with van der Waals surface area (Å²) in [4.78, 5) is 15.1. The van der Waals surface area contributed by atoms with E-state index in [0.29, 0.717) is 35.0 Å². The molecule has 11 heteroatoms. The van der Waals surface area contributed by atoms with Gasteiger partial charge in [0.05, 0.1) is 21.7 Å². The standard InChI is InChI=1S/C20H19N5O4S2/c26-25(27)17-7-3-5-15(11-17)13-21-23-20-22-19(14-30-20)16-6-4-8-18(12-16)31(28,29)24-9-1-2-10-24/h3-8,11-14H,1-2,9-10H2,(H,22,23). The number of hydrogen-bond donors (Lipinski definition) is 1. The van der Waals surface area contributed by atoms with Crippen LogP contribution in [0.3, 0.4) is 0 Å². The number of rotatable bonds is 7. The van der Waals surface area contributed by atoms with E-state index in [-0.39, 0.29) is 10.6 Å². The molecule has 3 aromatic rings. The molecule has 1 N–H and O–H groups in total. The number of nitrogens with one attached hydrogen (secondary N) is 1. The minimum absolute atomic E-state index is 0.00995. The maximum atomic E-state index is 12.8. The molecule has 0 spiro atoms. The number of anilines is 1. The van der Waals surface area contributed by atoms with Crippen molar-refractivity contribution >= 4 is 38.4 Å². The Morgan fingerprint density at radius 2 is 1.94 bits per heavy atom. The Morgan fingerprint density at radius 3 is 2.71 bits per heavy atom. The first-order valence-electron chi connectivity index (χ1n) is 9.53. The van der Waals surface area contributed by atoms with Crippen molar-refractivity contribution in [2.75, 3.05) is 18.5 Å². The zero-order valence-corrected chi connectivity index (χ0v) is 18.0. The van der Waals surface area contributed by atoms with Crippen LogP contribution in [-0.2, 0) is 10.0 Å². The van der Waals surface area contributed by atoms with Gasteiger partial charge in [0.1, 0.15) is 0 Å². The van der Waals surface area contributed by atoms with E-state index in [1.54, 1.807) is 30.3 Å². The zero-order valence-electron chi connectivity index (χ0n) is 16.3. The summed E-state index contributed by atoms with van der Waals surface area (Å²) in [6.45, 7) is 1.11. The van der Waals surface area contributed by atoms with Crippen molar-refractivity contribution in [3.05, 3.63) is 69.6 Å². The topological polar surface area (TPSA) is 118 Å². The monoisotopic (exact) mass is 457 g/mol. The van der Waals surface area contributed by atoms with Gasteiger partial charge in [-0.15, -0.1) is 11.3 Å². The Morgan fingerprint density at radius 1 is 1.16 bits per heavy atom. The molecular formula is C20H19N5O4S2. The molecule has 0 radical (unpaired) electrons. The number of nitrogens with zero attached hydrogens (tertiary/aromatic N) is 4. The fourth-order valence-corrected chi connectivity index (χ4v) is 5.46. The van der Waals surface area contributed by atoms with Crippen molar-refractivity contribution in [1.82, 2.24) is 9.29 Å². The van der Waals surface area contributed by atoms with Gasteiger partial charge in [0.2, 0.25) is 15.2 Å². The summed E-state index contributed by atoms with van der Waals surface area (Å²) in [5.74, 6) is 0. The van der Waals surface area contributed by atoms with Gasteiger partial charge in [0.25, 0.3) is 5.69 Å². The molecule has 9 nitrogen and oxygen atoms in total. The second kappa shape index (κ2) is 8.92. The van der Waals surface area contributed by atoms with E-state index in [0.717, 1.165) is 12.8 Å². The van der Waals surface area contributed by atoms with E-state index >= 15 is 0 Å². The third-order valence-electron chi connectivity index (χ3n) is 4.79. The fourth-order valence-electron chi connectivity index (χ4n) is 3.23. The van der Waals surface area contributed by atoms with E-state index in [1.165, 1.54) is 34.0 Å². The fraction of sp³-hybridized carbons (Fsp3) is 0.200. The Hall–Kier alpha value is -3.15. The summed E-state index contributed by atoms with van der Waals surface area (Å²) in [7, 11) is -3.50. The van der Waals surface area contributed by atoms with Crippen LogP contribution in [0.25, 0.3) is 11.3 Å². The average Bonchev–Trinajstić information content (AvgIpc) is 3.47. The van der Waals surface area contributed by atoms with Crippen LogP contribution in [0.1, 0.15) is 18.4 Å². The number of hydrogen-bond acceptors (Lipinski definition) is 8. The van der Waals surface area contributed by atoms with Crippen molar-refractivity contribution in [1.29, 1.82) is 0 Å². The maximum absolute atomic E-state index is 12.8. The zero-order chi connectivity index (χ0) is 21.8. The molecule has 160 valence electrons. The van der Waals surface area contributed by atoms with E-state index in [4.69, 9.17) is 0 Å². The van der Waals surface area contributed by atoms with Crippen molar-refractivity contribution in [3.63, 3.8) is 0 Å². The number of hydrazone groups is 1. The van der Waals surface area contributed by atoms with Crippen LogP contribution in [0.15, 0.2) is 63.9 Å². The summed E-state index contributed by atoms with van der Waals surface area (Å²) >= 11 is 1.32. The molecule has 0 saturated carbocycles. The van der Waals surface area contributed by atoms with E-state index in [2.05, 4.69) is 15.5 Å². The molecule has 4 rings (SSSR count). The number of sulfonamides is 1. The van der Waals surface area contributed by atoms with E-state index in [9.17, 15) is 18.5 Å². The van der Waals surface area contributed by atoms with Gasteiger partial charge in [0.15, 0.2) is 0 Å². The molecule has 1 saturated heterocycles. The normalized spacial score (nSPS) is 14.8. The largest absolute Gasteiger partial charge is 0.270 e. The second-order valence-corrected chi connectivity index (χ2v) is 9.70. The summed E-state index contributed by atoms with van der Waals surface area (Å²) < 4.78 is 27.1. The number of nitro groups is 1. The van der Waals surface area contributed by atoms with Gasteiger partial charge < -0.3 is 0 Å². The number of benzene rings is 2. The van der Waals surface area contributed by atoms with Crippen LogP contribution in [0.5, 0.6) is 0 Å². The lowest BCUT2D eigenvalue weighted by atomic mass is 10.2. The molecular weight excluding hydrogens is 438 g/mol. The molecule has 31 heavy (non-hydrogen) atoms. The van der Waals surface area contributed by atoms with Gasteiger partial charge >= 0.3 is 0 Å². The molecule has 0 unspecified atom stereocenters. The first-order valence-corrected chi connectivity index (χ1v) is 11.8. The van der Waals surface area contributed by atoms with Gasteiger partial charge in [-0.1, -0.05) is 24.3 Å². The average molecular weight is 458 g/mol. The highest BCUT2D eigenvalue weighted by Crippen LogP contribution is 2.28. The van der Waals surface area contributed by atoms with Crippen LogP contribution in [0.2, 0.25) is 0 Å². The lowest BCUT2D eigenvalue weighted by Gasteiger charge is -2.15. The number of nitro benzene ring substituents is 1. The van der Waals surface area contributed by atoms with Crippen molar-refractivity contribution < 1.29 is 13.3 Å². The van der Waals surface area contributed by atoms with Crippen LogP contribution < -0.4 is 5.43 Å². The lowest BCUT2D eigenvalue weighted by Crippen LogP contribution is -2.27. The molecule has 0 atom stereocenters. The second-order valence-electron chi connectivity index (χ2n) is 6.90. The highest BCUT2D eigenvalue weighted by atomic mass is 32.2. The van der Waals surface area contributed by atoms with Gasteiger partial charge in [-0.3, -0.25) is 15.5 Å². The molecule has 0 bridgehead atoms. The molecule has 0 aliphatic carbocycles. The minimum atomic E-state index is -3.50. The van der Waals surface area contributed by atoms with Crippen LogP contribution in [0.4, 0.5) is 10.8 Å². The van der Waals surface area contributed by atoms with Crippen molar-refractivity contribution in [2.45, 2.75) is 17.7 Å². The summed E-state index contributed by atoms with van der Waals surface area (Å²) in [5.41, 5.74) is 4.71. The van der Waals surface area contributed by atoms with Crippen molar-refractivity contribution in [2.24, 2.45) is 5.10 Å². The molecule has 2 heterocycles. The Balaban J connectivity index is 1.48. The molecule has 1 aliphatic rings. The van der Waals surface area contributed by atoms with E-state index < -0.39 is 14.9 Å². The van der Waals surface area contributed by atoms with Crippen molar-refractivity contribution in [3.8, 4) is 11.3 Å². The minimum Gasteiger partial charge on any atom is -0.258 e. The first kappa shape index (κ1) is 21.1.